The summed E-state index contributed by atoms with van der Waals surface area (Å²) >= 11 is 0. The Balaban J connectivity index is 1.99. The van der Waals surface area contributed by atoms with Crippen molar-refractivity contribution in [1.29, 1.82) is 0 Å². The van der Waals surface area contributed by atoms with Gasteiger partial charge in [0.2, 0.25) is 0 Å². The van der Waals surface area contributed by atoms with Crippen LogP contribution in [0, 0.1) is 5.92 Å². The van der Waals surface area contributed by atoms with Gasteiger partial charge in [-0.15, -0.1) is 0 Å². The number of hydrogen-bond acceptors (Lipinski definition) is 2. The highest BCUT2D eigenvalue weighted by atomic mass is 16.5. The Bertz CT molecular complexity index is 188. The first-order valence-electron chi connectivity index (χ1n) is 4.86. The van der Waals surface area contributed by atoms with Gasteiger partial charge in [-0.3, -0.25) is 4.79 Å². The lowest BCUT2D eigenvalue weighted by Crippen LogP contribution is -2.33. The fraction of sp³-hybridized carbons (Fsp3) is 0.900. The second-order valence-electron chi connectivity index (χ2n) is 4.34. The normalized spacial score (nSPS) is 34.4. The third-order valence-electron chi connectivity index (χ3n) is 3.11. The first-order chi connectivity index (χ1) is 5.70. The van der Waals surface area contributed by atoms with Crippen molar-refractivity contribution in [2.24, 2.45) is 5.92 Å². The van der Waals surface area contributed by atoms with Crippen LogP contribution in [-0.4, -0.2) is 18.0 Å². The van der Waals surface area contributed by atoms with E-state index in [-0.39, 0.29) is 5.60 Å². The SMILES string of the molecule is CC1COC2(CCC(=O)CC2)C1. The molecule has 12 heavy (non-hydrogen) atoms. The molecule has 2 nitrogen and oxygen atoms in total. The highest BCUT2D eigenvalue weighted by Crippen LogP contribution is 2.40. The van der Waals surface area contributed by atoms with E-state index in [0.29, 0.717) is 11.7 Å². The quantitative estimate of drug-likeness (QED) is 0.552. The van der Waals surface area contributed by atoms with Gasteiger partial charge in [-0.25, -0.2) is 0 Å². The molecular weight excluding hydrogens is 152 g/mol. The molecule has 2 fully saturated rings. The van der Waals surface area contributed by atoms with Crippen LogP contribution in [0.1, 0.15) is 39.0 Å². The summed E-state index contributed by atoms with van der Waals surface area (Å²) in [5.41, 5.74) is 0.104. The van der Waals surface area contributed by atoms with Crippen LogP contribution in [0.4, 0.5) is 0 Å². The first kappa shape index (κ1) is 8.24. The van der Waals surface area contributed by atoms with Gasteiger partial charge in [0.25, 0.3) is 0 Å². The molecule has 2 rings (SSSR count). The van der Waals surface area contributed by atoms with Gasteiger partial charge in [-0.05, 0) is 25.2 Å². The van der Waals surface area contributed by atoms with Crippen LogP contribution in [0.25, 0.3) is 0 Å². The standard InChI is InChI=1S/C10H16O2/c1-8-6-10(12-7-8)4-2-9(11)3-5-10/h8H,2-7H2,1H3. The van der Waals surface area contributed by atoms with E-state index < -0.39 is 0 Å². The summed E-state index contributed by atoms with van der Waals surface area (Å²) in [6.07, 6.45) is 4.59. The lowest BCUT2D eigenvalue weighted by atomic mass is 9.80. The molecule has 0 amide bonds. The molecule has 1 unspecified atom stereocenters. The molecule has 1 saturated heterocycles. The summed E-state index contributed by atoms with van der Waals surface area (Å²) in [6, 6.07) is 0. The Morgan fingerprint density at radius 2 is 2.08 bits per heavy atom. The lowest BCUT2D eigenvalue weighted by molar-refractivity contribution is -0.126. The van der Waals surface area contributed by atoms with Gasteiger partial charge in [0.15, 0.2) is 0 Å². The number of carbonyl (C=O) groups is 1. The number of Topliss-reactive ketones (excluding diaryl/α,β-unsaturated/α-hetero) is 1. The van der Waals surface area contributed by atoms with E-state index in [4.69, 9.17) is 4.74 Å². The molecule has 0 aromatic carbocycles. The third-order valence-corrected chi connectivity index (χ3v) is 3.11. The van der Waals surface area contributed by atoms with E-state index in [0.717, 1.165) is 32.3 Å². The van der Waals surface area contributed by atoms with Gasteiger partial charge in [-0.2, -0.15) is 0 Å². The summed E-state index contributed by atoms with van der Waals surface area (Å²) < 4.78 is 5.79. The van der Waals surface area contributed by atoms with E-state index in [1.54, 1.807) is 0 Å². The third kappa shape index (κ3) is 1.40. The maximum absolute atomic E-state index is 11.0. The van der Waals surface area contributed by atoms with Gasteiger partial charge < -0.3 is 4.74 Å². The van der Waals surface area contributed by atoms with Gasteiger partial charge in [0, 0.05) is 19.4 Å². The molecule has 1 atom stereocenters. The number of hydrogen-bond donors (Lipinski definition) is 0. The Morgan fingerprint density at radius 3 is 2.58 bits per heavy atom. The zero-order chi connectivity index (χ0) is 8.60. The summed E-state index contributed by atoms with van der Waals surface area (Å²) in [6.45, 7) is 3.12. The number of carbonyl (C=O) groups excluding carboxylic acids is 1. The molecule has 0 radical (unpaired) electrons. The van der Waals surface area contributed by atoms with Gasteiger partial charge in [0.05, 0.1) is 5.60 Å². The Kier molecular flexibility index (Phi) is 1.95. The molecule has 1 heterocycles. The van der Waals surface area contributed by atoms with Crippen molar-refractivity contribution < 1.29 is 9.53 Å². The minimum atomic E-state index is 0.104. The molecule has 0 aromatic rings. The van der Waals surface area contributed by atoms with Crippen molar-refractivity contribution in [3.05, 3.63) is 0 Å². The van der Waals surface area contributed by atoms with Crippen molar-refractivity contribution in [2.45, 2.75) is 44.6 Å². The van der Waals surface area contributed by atoms with E-state index >= 15 is 0 Å². The topological polar surface area (TPSA) is 26.3 Å². The minimum absolute atomic E-state index is 0.104. The summed E-state index contributed by atoms with van der Waals surface area (Å²) in [5.74, 6) is 1.11. The minimum Gasteiger partial charge on any atom is -0.375 e. The predicted molar refractivity (Wildman–Crippen MR) is 45.9 cm³/mol. The maximum atomic E-state index is 11.0. The monoisotopic (exact) mass is 168 g/mol. The van der Waals surface area contributed by atoms with Crippen LogP contribution in [-0.2, 0) is 9.53 Å². The zero-order valence-electron chi connectivity index (χ0n) is 7.64. The Labute approximate surface area is 73.3 Å². The number of rotatable bonds is 0. The van der Waals surface area contributed by atoms with Gasteiger partial charge in [-0.1, -0.05) is 6.92 Å². The molecular formula is C10H16O2. The fourth-order valence-corrected chi connectivity index (χ4v) is 2.40. The summed E-state index contributed by atoms with van der Waals surface area (Å²) in [4.78, 5) is 11.0. The Morgan fingerprint density at radius 1 is 1.42 bits per heavy atom. The highest BCUT2D eigenvalue weighted by molar-refractivity contribution is 5.79. The molecule has 2 aliphatic rings. The van der Waals surface area contributed by atoms with Crippen LogP contribution in [0.2, 0.25) is 0 Å². The molecule has 2 heteroatoms. The van der Waals surface area contributed by atoms with E-state index in [2.05, 4.69) is 6.92 Å². The van der Waals surface area contributed by atoms with Crippen LogP contribution < -0.4 is 0 Å². The van der Waals surface area contributed by atoms with Crippen LogP contribution in [0.3, 0.4) is 0 Å². The zero-order valence-corrected chi connectivity index (χ0v) is 7.64. The smallest absolute Gasteiger partial charge is 0.133 e. The van der Waals surface area contributed by atoms with E-state index in [1.807, 2.05) is 0 Å². The van der Waals surface area contributed by atoms with Crippen LogP contribution >= 0.6 is 0 Å². The molecule has 68 valence electrons. The lowest BCUT2D eigenvalue weighted by Gasteiger charge is -2.31. The first-order valence-corrected chi connectivity index (χ1v) is 4.86. The second kappa shape index (κ2) is 2.84. The Hall–Kier alpha value is -0.370. The molecule has 0 bridgehead atoms. The second-order valence-corrected chi connectivity index (χ2v) is 4.34. The number of ether oxygens (including phenoxy) is 1. The van der Waals surface area contributed by atoms with Crippen molar-refractivity contribution in [3.8, 4) is 0 Å². The highest BCUT2D eigenvalue weighted by Gasteiger charge is 2.41. The molecule has 0 aromatic heterocycles. The van der Waals surface area contributed by atoms with E-state index in [9.17, 15) is 4.79 Å². The molecule has 0 N–H and O–H groups in total. The molecule has 1 aliphatic heterocycles. The van der Waals surface area contributed by atoms with Gasteiger partial charge in [0.1, 0.15) is 5.78 Å². The van der Waals surface area contributed by atoms with Crippen LogP contribution in [0.5, 0.6) is 0 Å². The maximum Gasteiger partial charge on any atom is 0.133 e. The predicted octanol–water partition coefficient (Wildman–Crippen LogP) is 1.92. The number of ketones is 1. The summed E-state index contributed by atoms with van der Waals surface area (Å²) in [7, 11) is 0. The molecule has 1 aliphatic carbocycles. The van der Waals surface area contributed by atoms with Crippen molar-refractivity contribution in [2.75, 3.05) is 6.61 Å². The molecule has 1 saturated carbocycles. The van der Waals surface area contributed by atoms with Crippen molar-refractivity contribution >= 4 is 5.78 Å². The summed E-state index contributed by atoms with van der Waals surface area (Å²) in [5, 5.41) is 0. The van der Waals surface area contributed by atoms with Crippen LogP contribution in [0.15, 0.2) is 0 Å². The van der Waals surface area contributed by atoms with Gasteiger partial charge >= 0.3 is 0 Å². The fourth-order valence-electron chi connectivity index (χ4n) is 2.40. The average molecular weight is 168 g/mol. The largest absolute Gasteiger partial charge is 0.375 e. The molecule has 1 spiro atoms. The van der Waals surface area contributed by atoms with Crippen molar-refractivity contribution in [3.63, 3.8) is 0 Å². The average Bonchev–Trinajstić information content (AvgIpc) is 2.40. The van der Waals surface area contributed by atoms with E-state index in [1.165, 1.54) is 6.42 Å². The van der Waals surface area contributed by atoms with Crippen molar-refractivity contribution in [1.82, 2.24) is 0 Å².